The molecule has 5 amide bonds. The average molecular weight is 696 g/mol. The Labute approximate surface area is 285 Å². The van der Waals surface area contributed by atoms with Crippen LogP contribution >= 0.6 is 0 Å². The fraction of sp³-hybridized carbons (Fsp3) is 0.853. The molecule has 4 rings (SSSR count). The minimum Gasteiger partial charge on any atom is -0.360 e. The Kier molecular flexibility index (Phi) is 11.6. The number of carbonyl (C=O) groups is 5. The molecule has 0 spiro atoms. The molecule has 0 aromatic rings. The fourth-order valence-electron chi connectivity index (χ4n) is 8.13. The van der Waals surface area contributed by atoms with Gasteiger partial charge in [0, 0.05) is 19.7 Å². The molecule has 2 aliphatic carbocycles. The molecule has 2 saturated carbocycles. The number of ether oxygens (including phenoxy) is 1. The Morgan fingerprint density at radius 3 is 2.23 bits per heavy atom. The third-order valence-corrected chi connectivity index (χ3v) is 13.0. The van der Waals surface area contributed by atoms with E-state index in [-0.39, 0.29) is 29.5 Å². The van der Waals surface area contributed by atoms with Gasteiger partial charge in [-0.3, -0.25) is 19.2 Å². The first-order valence-corrected chi connectivity index (χ1v) is 19.5. The molecule has 6 atom stereocenters. The van der Waals surface area contributed by atoms with Crippen LogP contribution in [0.2, 0.25) is 0 Å². The molecule has 4 N–H and O–H groups in total. The number of piperidine rings is 1. The molecule has 272 valence electrons. The molecule has 2 heterocycles. The van der Waals surface area contributed by atoms with Crippen LogP contribution in [0.4, 0.5) is 4.79 Å². The summed E-state index contributed by atoms with van der Waals surface area (Å²) in [4.78, 5) is 69.2. The van der Waals surface area contributed by atoms with Gasteiger partial charge in [0.25, 0.3) is 5.91 Å². The quantitative estimate of drug-likeness (QED) is 0.225. The maximum atomic E-state index is 14.4. The number of nitrogens with one attached hydrogen (secondary N) is 4. The molecule has 0 aromatic carbocycles. The van der Waals surface area contributed by atoms with Crippen LogP contribution in [0.25, 0.3) is 0 Å². The first-order chi connectivity index (χ1) is 22.4. The summed E-state index contributed by atoms with van der Waals surface area (Å²) in [6.07, 6.45) is 5.38. The van der Waals surface area contributed by atoms with Crippen LogP contribution in [-0.4, -0.2) is 97.4 Å². The number of likely N-dealkylation sites (N-methyl/N-ethyl adjacent to an activating group) is 1. The van der Waals surface area contributed by atoms with Crippen LogP contribution in [-0.2, 0) is 33.8 Å². The number of urea groups is 1. The smallest absolute Gasteiger partial charge is 0.316 e. The van der Waals surface area contributed by atoms with Gasteiger partial charge in [0.05, 0.1) is 17.3 Å². The number of likely N-dealkylation sites (tertiary alicyclic amines) is 1. The predicted octanol–water partition coefficient (Wildman–Crippen LogP) is 2.43. The topological polar surface area (TPSA) is 180 Å². The summed E-state index contributed by atoms with van der Waals surface area (Å²) in [7, 11) is -3.61. The number of carbonyl (C=O) groups excluding carboxylic acids is 5. The van der Waals surface area contributed by atoms with Gasteiger partial charge >= 0.3 is 6.03 Å². The van der Waals surface area contributed by atoms with Crippen LogP contribution < -0.4 is 21.3 Å². The molecule has 0 bridgehead atoms. The molecule has 2 aliphatic heterocycles. The second-order valence-corrected chi connectivity index (χ2v) is 18.0. The number of fused-ring (bicyclic) bond motifs is 1. The van der Waals surface area contributed by atoms with E-state index in [1.165, 1.54) is 4.90 Å². The van der Waals surface area contributed by atoms with Crippen molar-refractivity contribution in [2.45, 2.75) is 135 Å². The molecule has 2 saturated heterocycles. The zero-order valence-electron chi connectivity index (χ0n) is 29.8. The van der Waals surface area contributed by atoms with E-state index < -0.39 is 73.9 Å². The number of hydrogen-bond donors (Lipinski definition) is 4. The lowest BCUT2D eigenvalue weighted by Gasteiger charge is -2.45. The average Bonchev–Trinajstić information content (AvgIpc) is 3.32. The minimum absolute atomic E-state index is 0.00289. The maximum Gasteiger partial charge on any atom is 0.316 e. The molecular formula is C34H57N5O8S. The molecule has 4 fully saturated rings. The van der Waals surface area contributed by atoms with Crippen LogP contribution in [0.1, 0.15) is 106 Å². The van der Waals surface area contributed by atoms with Crippen molar-refractivity contribution in [3.8, 4) is 0 Å². The Morgan fingerprint density at radius 2 is 1.65 bits per heavy atom. The van der Waals surface area contributed by atoms with Crippen molar-refractivity contribution < 1.29 is 37.1 Å². The van der Waals surface area contributed by atoms with E-state index in [1.54, 1.807) is 6.92 Å². The zero-order valence-corrected chi connectivity index (χ0v) is 30.6. The Morgan fingerprint density at radius 1 is 0.979 bits per heavy atom. The van der Waals surface area contributed by atoms with E-state index in [1.807, 2.05) is 27.7 Å². The summed E-state index contributed by atoms with van der Waals surface area (Å²) < 4.78 is 32.1. The Hall–Kier alpha value is -2.74. The van der Waals surface area contributed by atoms with Gasteiger partial charge in [0.2, 0.25) is 17.6 Å². The van der Waals surface area contributed by atoms with Crippen molar-refractivity contribution in [1.29, 1.82) is 0 Å². The van der Waals surface area contributed by atoms with E-state index in [4.69, 9.17) is 4.74 Å². The standard InChI is InChI=1S/C34H57N5O8S/c1-8-10-15-22(25(40)28(42)35-9-2)36-27(41)24-23-21(33(23,6)7)20-39(24)29(43)26(32(3,4)5)37-31(44)38-34(16-12-11-13-17-34)30-47-18-14-19-48(30,45)46/h21-24,26,30H,8-20H2,1-7H3,(H,35,42)(H,36,41)(H2,37,38,44)/t21-,22-,23-,24-,26+,30?/m0/s1. The lowest BCUT2D eigenvalue weighted by molar-refractivity contribution is -0.145. The van der Waals surface area contributed by atoms with Gasteiger partial charge in [-0.05, 0) is 55.3 Å². The van der Waals surface area contributed by atoms with Gasteiger partial charge in [-0.25, -0.2) is 13.2 Å². The zero-order chi connectivity index (χ0) is 35.7. The largest absolute Gasteiger partial charge is 0.360 e. The van der Waals surface area contributed by atoms with Crippen molar-refractivity contribution in [3.05, 3.63) is 0 Å². The lowest BCUT2D eigenvalue weighted by atomic mass is 9.81. The molecule has 0 radical (unpaired) electrons. The number of unbranched alkanes of at least 4 members (excludes halogenated alkanes) is 1. The van der Waals surface area contributed by atoms with E-state index >= 15 is 0 Å². The highest BCUT2D eigenvalue weighted by Gasteiger charge is 2.70. The number of rotatable bonds is 12. The maximum absolute atomic E-state index is 14.4. The van der Waals surface area contributed by atoms with E-state index in [2.05, 4.69) is 35.1 Å². The molecule has 0 aromatic heterocycles. The summed E-state index contributed by atoms with van der Waals surface area (Å²) >= 11 is 0. The summed E-state index contributed by atoms with van der Waals surface area (Å²) in [5.74, 6) is -2.49. The summed E-state index contributed by atoms with van der Waals surface area (Å²) in [6.45, 7) is 14.1. The normalized spacial score (nSPS) is 28.3. The highest BCUT2D eigenvalue weighted by atomic mass is 32.2. The first kappa shape index (κ1) is 38.1. The van der Waals surface area contributed by atoms with Crippen molar-refractivity contribution in [3.63, 3.8) is 0 Å². The highest BCUT2D eigenvalue weighted by Crippen LogP contribution is 2.65. The minimum atomic E-state index is -3.61. The second kappa shape index (κ2) is 14.6. The van der Waals surface area contributed by atoms with Crippen molar-refractivity contribution in [2.24, 2.45) is 22.7 Å². The van der Waals surface area contributed by atoms with Gasteiger partial charge in [-0.1, -0.05) is 73.6 Å². The van der Waals surface area contributed by atoms with Gasteiger partial charge in [-0.2, -0.15) is 0 Å². The van der Waals surface area contributed by atoms with E-state index in [9.17, 15) is 32.4 Å². The SMILES string of the molecule is CCCC[C@H](NC(=O)[C@@H]1[C@@H]2[C@H](CN1C(=O)[C@@H](NC(=O)NC1(C3OCCCS3(=O)=O)CCCCC1)C(C)(C)C)C2(C)C)C(=O)C(=O)NCC. The van der Waals surface area contributed by atoms with Crippen LogP contribution in [0, 0.1) is 22.7 Å². The monoisotopic (exact) mass is 695 g/mol. The van der Waals surface area contributed by atoms with E-state index in [0.29, 0.717) is 45.3 Å². The number of ketones is 1. The van der Waals surface area contributed by atoms with Crippen molar-refractivity contribution in [1.82, 2.24) is 26.2 Å². The highest BCUT2D eigenvalue weighted by molar-refractivity contribution is 7.92. The predicted molar refractivity (Wildman–Crippen MR) is 180 cm³/mol. The number of sulfone groups is 1. The Bertz CT molecular complexity index is 1350. The molecule has 1 unspecified atom stereocenters. The number of Topliss-reactive ketones (excluding diaryl/α,β-unsaturated/α-hetero) is 1. The molecule has 14 heteroatoms. The molecular weight excluding hydrogens is 638 g/mol. The van der Waals surface area contributed by atoms with Crippen LogP contribution in [0.5, 0.6) is 0 Å². The Balaban J connectivity index is 1.56. The number of amides is 5. The van der Waals surface area contributed by atoms with Crippen molar-refractivity contribution in [2.75, 3.05) is 25.4 Å². The van der Waals surface area contributed by atoms with E-state index in [0.717, 1.165) is 25.7 Å². The van der Waals surface area contributed by atoms with Gasteiger partial charge in [0.15, 0.2) is 15.3 Å². The van der Waals surface area contributed by atoms with Crippen LogP contribution in [0.3, 0.4) is 0 Å². The lowest BCUT2D eigenvalue weighted by Crippen LogP contribution is -2.66. The second-order valence-electron chi connectivity index (χ2n) is 15.9. The first-order valence-electron chi connectivity index (χ1n) is 17.8. The van der Waals surface area contributed by atoms with Gasteiger partial charge < -0.3 is 30.9 Å². The summed E-state index contributed by atoms with van der Waals surface area (Å²) in [5.41, 5.74) is -3.25. The third kappa shape index (κ3) is 7.84. The molecule has 48 heavy (non-hydrogen) atoms. The summed E-state index contributed by atoms with van der Waals surface area (Å²) in [5, 5.41) is 11.2. The van der Waals surface area contributed by atoms with Crippen molar-refractivity contribution >= 4 is 39.4 Å². The number of hydrogen-bond acceptors (Lipinski definition) is 8. The molecule has 4 aliphatic rings. The van der Waals surface area contributed by atoms with Gasteiger partial charge in [-0.15, -0.1) is 0 Å². The fourth-order valence-corrected chi connectivity index (χ4v) is 10.1. The third-order valence-electron chi connectivity index (χ3n) is 10.9. The van der Waals surface area contributed by atoms with Gasteiger partial charge in [0.1, 0.15) is 12.1 Å². The van der Waals surface area contributed by atoms with Crippen LogP contribution in [0.15, 0.2) is 0 Å². The summed E-state index contributed by atoms with van der Waals surface area (Å²) in [6, 6.07) is -3.61. The number of nitrogens with zero attached hydrogens (tertiary/aromatic N) is 1. The molecule has 13 nitrogen and oxygen atoms in total.